The smallest absolute Gasteiger partial charge is 0.254 e. The Labute approximate surface area is 205 Å². The number of fused-ring (bicyclic) bond motifs is 1. The van der Waals surface area contributed by atoms with E-state index in [4.69, 9.17) is 9.47 Å². The van der Waals surface area contributed by atoms with Crippen LogP contribution >= 0.6 is 0 Å². The molecule has 0 radical (unpaired) electrons. The van der Waals surface area contributed by atoms with Crippen molar-refractivity contribution in [2.24, 2.45) is 0 Å². The molecule has 1 spiro atoms. The van der Waals surface area contributed by atoms with E-state index in [2.05, 4.69) is 16.7 Å². The van der Waals surface area contributed by atoms with Crippen LogP contribution in [-0.2, 0) is 16.1 Å². The van der Waals surface area contributed by atoms with E-state index < -0.39 is 5.79 Å². The van der Waals surface area contributed by atoms with Crippen molar-refractivity contribution in [2.45, 2.75) is 25.2 Å². The van der Waals surface area contributed by atoms with E-state index in [9.17, 15) is 9.59 Å². The summed E-state index contributed by atoms with van der Waals surface area (Å²) >= 11 is 0. The number of hydrogen-bond acceptors (Lipinski definition) is 5. The molecule has 0 unspecified atom stereocenters. The Morgan fingerprint density at radius 3 is 2.54 bits per heavy atom. The lowest BCUT2D eigenvalue weighted by Gasteiger charge is -2.41. The molecule has 2 heterocycles. The zero-order valence-electron chi connectivity index (χ0n) is 19.8. The Bertz CT molecular complexity index is 1220. The lowest BCUT2D eigenvalue weighted by Crippen LogP contribution is -2.49. The summed E-state index contributed by atoms with van der Waals surface area (Å²) in [6.07, 6.45) is 1.67. The first kappa shape index (κ1) is 23.1. The quantitative estimate of drug-likeness (QED) is 0.587. The van der Waals surface area contributed by atoms with E-state index >= 15 is 0 Å². The number of anilines is 1. The van der Waals surface area contributed by atoms with E-state index in [0.717, 1.165) is 48.4 Å². The molecule has 0 saturated carbocycles. The van der Waals surface area contributed by atoms with Crippen LogP contribution in [0.5, 0.6) is 5.75 Å². The summed E-state index contributed by atoms with van der Waals surface area (Å²) < 4.78 is 12.4. The van der Waals surface area contributed by atoms with E-state index in [1.807, 2.05) is 42.5 Å². The predicted octanol–water partition coefficient (Wildman–Crippen LogP) is 4.05. The number of benzene rings is 3. The monoisotopic (exact) mass is 471 g/mol. The fourth-order valence-corrected chi connectivity index (χ4v) is 4.53. The minimum atomic E-state index is -0.515. The summed E-state index contributed by atoms with van der Waals surface area (Å²) in [5.74, 6) is -0.0934. The van der Waals surface area contributed by atoms with Gasteiger partial charge in [-0.2, -0.15) is 0 Å². The summed E-state index contributed by atoms with van der Waals surface area (Å²) in [5.41, 5.74) is 4.23. The predicted molar refractivity (Wildman–Crippen MR) is 134 cm³/mol. The topological polar surface area (TPSA) is 79.9 Å². The molecule has 7 heteroatoms. The van der Waals surface area contributed by atoms with Gasteiger partial charge in [0.1, 0.15) is 5.75 Å². The minimum Gasteiger partial charge on any atom is -0.462 e. The van der Waals surface area contributed by atoms with Gasteiger partial charge in [0.2, 0.25) is 11.7 Å². The lowest BCUT2D eigenvalue weighted by molar-refractivity contribution is -0.218. The maximum Gasteiger partial charge on any atom is 0.254 e. The highest BCUT2D eigenvalue weighted by Crippen LogP contribution is 2.38. The third-order valence-corrected chi connectivity index (χ3v) is 6.44. The number of rotatable bonds is 5. The maximum absolute atomic E-state index is 12.6. The number of carbonyl (C=O) groups is 2. The van der Waals surface area contributed by atoms with Crippen LogP contribution in [0.25, 0.3) is 11.1 Å². The standard InChI is InChI=1S/C28H29N3O4/c1-31(27(33)20-6-3-2-4-7-20)18-26(32)30-24-9-5-8-21(17-24)22-10-11-25-23(16-22)19-34-28(35-25)12-14-29-15-13-28/h2-11,16-17,29H,12-15,18-19H2,1H3,(H,30,32). The van der Waals surface area contributed by atoms with Gasteiger partial charge in [-0.1, -0.05) is 36.4 Å². The van der Waals surface area contributed by atoms with Gasteiger partial charge in [-0.3, -0.25) is 9.59 Å². The van der Waals surface area contributed by atoms with Gasteiger partial charge in [-0.25, -0.2) is 0 Å². The van der Waals surface area contributed by atoms with Crippen molar-refractivity contribution in [1.82, 2.24) is 10.2 Å². The molecule has 0 atom stereocenters. The van der Waals surface area contributed by atoms with Crippen molar-refractivity contribution in [1.29, 1.82) is 0 Å². The Hall–Kier alpha value is -3.68. The molecule has 0 aliphatic carbocycles. The zero-order chi connectivity index (χ0) is 24.3. The largest absolute Gasteiger partial charge is 0.462 e. The van der Waals surface area contributed by atoms with Crippen molar-refractivity contribution in [3.63, 3.8) is 0 Å². The summed E-state index contributed by atoms with van der Waals surface area (Å²) in [4.78, 5) is 26.5. The number of amides is 2. The van der Waals surface area contributed by atoms with Gasteiger partial charge in [0.25, 0.3) is 5.91 Å². The minimum absolute atomic E-state index is 0.0389. The normalized spacial score (nSPS) is 16.1. The van der Waals surface area contributed by atoms with E-state index in [1.165, 1.54) is 4.90 Å². The lowest BCUT2D eigenvalue weighted by atomic mass is 9.99. The first-order valence-electron chi connectivity index (χ1n) is 11.9. The first-order valence-corrected chi connectivity index (χ1v) is 11.9. The van der Waals surface area contributed by atoms with Crippen LogP contribution in [0.15, 0.2) is 72.8 Å². The second-order valence-corrected chi connectivity index (χ2v) is 9.03. The van der Waals surface area contributed by atoms with Crippen LogP contribution < -0.4 is 15.4 Å². The number of ether oxygens (including phenoxy) is 2. The van der Waals surface area contributed by atoms with Crippen LogP contribution in [-0.4, -0.2) is 49.2 Å². The van der Waals surface area contributed by atoms with E-state index in [0.29, 0.717) is 17.9 Å². The van der Waals surface area contributed by atoms with Gasteiger partial charge < -0.3 is 25.0 Å². The second-order valence-electron chi connectivity index (χ2n) is 9.03. The molecule has 0 aromatic heterocycles. The number of nitrogens with zero attached hydrogens (tertiary/aromatic N) is 1. The molecule has 5 rings (SSSR count). The summed E-state index contributed by atoms with van der Waals surface area (Å²) in [6.45, 7) is 2.26. The van der Waals surface area contributed by atoms with Gasteiger partial charge in [-0.05, 0) is 47.5 Å². The van der Waals surface area contributed by atoms with Gasteiger partial charge in [0, 0.05) is 49.8 Å². The second kappa shape index (κ2) is 9.90. The van der Waals surface area contributed by atoms with Crippen molar-refractivity contribution >= 4 is 17.5 Å². The Kier molecular flexibility index (Phi) is 6.53. The average Bonchev–Trinajstić information content (AvgIpc) is 2.89. The molecule has 180 valence electrons. The van der Waals surface area contributed by atoms with Crippen molar-refractivity contribution in [2.75, 3.05) is 32.0 Å². The fourth-order valence-electron chi connectivity index (χ4n) is 4.53. The maximum atomic E-state index is 12.6. The van der Waals surface area contributed by atoms with Gasteiger partial charge in [-0.15, -0.1) is 0 Å². The van der Waals surface area contributed by atoms with Crippen LogP contribution in [0, 0.1) is 0 Å². The molecule has 1 saturated heterocycles. The molecule has 35 heavy (non-hydrogen) atoms. The molecule has 7 nitrogen and oxygen atoms in total. The molecule has 2 aliphatic rings. The first-order chi connectivity index (χ1) is 17.0. The molecule has 2 amide bonds. The highest BCUT2D eigenvalue weighted by atomic mass is 16.7. The summed E-state index contributed by atoms with van der Waals surface area (Å²) in [6, 6.07) is 22.7. The van der Waals surface area contributed by atoms with E-state index in [-0.39, 0.29) is 18.4 Å². The van der Waals surface area contributed by atoms with E-state index in [1.54, 1.807) is 31.3 Å². The van der Waals surface area contributed by atoms with Crippen LogP contribution in [0.3, 0.4) is 0 Å². The third-order valence-electron chi connectivity index (χ3n) is 6.44. The molecule has 2 aliphatic heterocycles. The fraction of sp³-hybridized carbons (Fsp3) is 0.286. The SMILES string of the molecule is CN(CC(=O)Nc1cccc(-c2ccc3c(c2)COC2(CCNCC2)O3)c1)C(=O)c1ccccc1. The molecular formula is C28H29N3O4. The number of likely N-dealkylation sites (N-methyl/N-ethyl adjacent to an activating group) is 1. The molecule has 3 aromatic rings. The van der Waals surface area contributed by atoms with Crippen molar-refractivity contribution in [3.8, 4) is 16.9 Å². The number of nitrogens with one attached hydrogen (secondary N) is 2. The van der Waals surface area contributed by atoms with Crippen molar-refractivity contribution < 1.29 is 19.1 Å². The molecule has 3 aromatic carbocycles. The molecule has 2 N–H and O–H groups in total. The Morgan fingerprint density at radius 1 is 0.971 bits per heavy atom. The van der Waals surface area contributed by atoms with Crippen LogP contribution in [0.1, 0.15) is 28.8 Å². The summed E-state index contributed by atoms with van der Waals surface area (Å²) in [5, 5.41) is 6.25. The number of piperidine rings is 1. The zero-order valence-corrected chi connectivity index (χ0v) is 19.8. The summed E-state index contributed by atoms with van der Waals surface area (Å²) in [7, 11) is 1.62. The van der Waals surface area contributed by atoms with Gasteiger partial charge in [0.05, 0.1) is 13.2 Å². The Balaban J connectivity index is 1.25. The molecule has 0 bridgehead atoms. The van der Waals surface area contributed by atoms with Crippen molar-refractivity contribution in [3.05, 3.63) is 83.9 Å². The number of hydrogen-bond donors (Lipinski definition) is 2. The average molecular weight is 472 g/mol. The molecule has 1 fully saturated rings. The van der Waals surface area contributed by atoms with Gasteiger partial charge in [0.15, 0.2) is 0 Å². The van der Waals surface area contributed by atoms with Gasteiger partial charge >= 0.3 is 0 Å². The van der Waals surface area contributed by atoms with Crippen LogP contribution in [0.4, 0.5) is 5.69 Å². The van der Waals surface area contributed by atoms with Crippen LogP contribution in [0.2, 0.25) is 0 Å². The molecular weight excluding hydrogens is 442 g/mol. The number of carbonyl (C=O) groups excluding carboxylic acids is 2. The third kappa shape index (κ3) is 5.21. The highest BCUT2D eigenvalue weighted by molar-refractivity contribution is 5.99. The highest BCUT2D eigenvalue weighted by Gasteiger charge is 2.38. The Morgan fingerprint density at radius 2 is 1.74 bits per heavy atom.